The van der Waals surface area contributed by atoms with Crippen LogP contribution in [0, 0.1) is 0 Å². The highest BCUT2D eigenvalue weighted by atomic mass is 16.4. The molecule has 2 rings (SSSR count). The van der Waals surface area contributed by atoms with Gasteiger partial charge in [-0.05, 0) is 12.1 Å². The topological polar surface area (TPSA) is 128 Å². The molecule has 4 N–H and O–H groups in total. The van der Waals surface area contributed by atoms with E-state index in [-0.39, 0.29) is 23.0 Å². The predicted octanol–water partition coefficient (Wildman–Crippen LogP) is 1.58. The Morgan fingerprint density at radius 1 is 1.33 bits per heavy atom. The third kappa shape index (κ3) is 2.99. The SMILES string of the molecule is CC(C)c1nc(C(=O)Nc2cccc(C(=O)O)c2O)n[nH]1. The zero-order chi connectivity index (χ0) is 15.6. The monoisotopic (exact) mass is 290 g/mol. The average Bonchev–Trinajstić information content (AvgIpc) is 2.90. The first-order valence-corrected chi connectivity index (χ1v) is 6.19. The van der Waals surface area contributed by atoms with Crippen LogP contribution in [0.1, 0.15) is 46.6 Å². The fraction of sp³-hybridized carbons (Fsp3) is 0.231. The summed E-state index contributed by atoms with van der Waals surface area (Å²) in [7, 11) is 0. The van der Waals surface area contributed by atoms with Crippen molar-refractivity contribution in [2.24, 2.45) is 0 Å². The molecule has 1 aromatic carbocycles. The zero-order valence-corrected chi connectivity index (χ0v) is 11.4. The second-order valence-electron chi connectivity index (χ2n) is 4.66. The van der Waals surface area contributed by atoms with Crippen molar-refractivity contribution in [1.29, 1.82) is 0 Å². The van der Waals surface area contributed by atoms with E-state index in [4.69, 9.17) is 5.11 Å². The van der Waals surface area contributed by atoms with Crippen LogP contribution in [0.15, 0.2) is 18.2 Å². The van der Waals surface area contributed by atoms with Crippen LogP contribution >= 0.6 is 0 Å². The number of aromatic amines is 1. The summed E-state index contributed by atoms with van der Waals surface area (Å²) >= 11 is 0. The van der Waals surface area contributed by atoms with E-state index in [9.17, 15) is 14.7 Å². The van der Waals surface area contributed by atoms with E-state index in [1.165, 1.54) is 18.2 Å². The number of hydrogen-bond donors (Lipinski definition) is 4. The van der Waals surface area contributed by atoms with Gasteiger partial charge in [-0.3, -0.25) is 9.89 Å². The number of carboxylic acid groups (broad SMARTS) is 1. The number of H-pyrrole nitrogens is 1. The number of hydrogen-bond acceptors (Lipinski definition) is 5. The molecule has 0 saturated heterocycles. The summed E-state index contributed by atoms with van der Waals surface area (Å²) in [4.78, 5) is 26.9. The van der Waals surface area contributed by atoms with Gasteiger partial charge < -0.3 is 15.5 Å². The lowest BCUT2D eigenvalue weighted by molar-refractivity contribution is 0.0693. The number of anilines is 1. The van der Waals surface area contributed by atoms with E-state index in [0.717, 1.165) is 0 Å². The molecular formula is C13H14N4O4. The molecule has 0 spiro atoms. The summed E-state index contributed by atoms with van der Waals surface area (Å²) in [6.45, 7) is 3.79. The van der Waals surface area contributed by atoms with Gasteiger partial charge in [-0.2, -0.15) is 0 Å². The van der Waals surface area contributed by atoms with Crippen molar-refractivity contribution in [1.82, 2.24) is 15.2 Å². The van der Waals surface area contributed by atoms with Gasteiger partial charge in [0.25, 0.3) is 5.91 Å². The summed E-state index contributed by atoms with van der Waals surface area (Å²) in [5.74, 6) is -1.89. The fourth-order valence-corrected chi connectivity index (χ4v) is 1.63. The number of rotatable bonds is 4. The Balaban J connectivity index is 2.23. The Bertz CT molecular complexity index is 693. The van der Waals surface area contributed by atoms with Crippen LogP contribution in [0.2, 0.25) is 0 Å². The van der Waals surface area contributed by atoms with Crippen LogP contribution in [-0.4, -0.2) is 37.3 Å². The van der Waals surface area contributed by atoms with Gasteiger partial charge in [-0.15, -0.1) is 5.10 Å². The van der Waals surface area contributed by atoms with Crippen molar-refractivity contribution in [2.45, 2.75) is 19.8 Å². The van der Waals surface area contributed by atoms with Crippen LogP contribution in [0.3, 0.4) is 0 Å². The predicted molar refractivity (Wildman–Crippen MR) is 73.5 cm³/mol. The molecule has 0 saturated carbocycles. The highest BCUT2D eigenvalue weighted by Gasteiger charge is 2.18. The minimum absolute atomic E-state index is 0.0178. The summed E-state index contributed by atoms with van der Waals surface area (Å²) in [5, 5.41) is 27.5. The molecule has 0 radical (unpaired) electrons. The first kappa shape index (κ1) is 14.5. The molecule has 0 aliphatic heterocycles. The van der Waals surface area contributed by atoms with E-state index in [2.05, 4.69) is 20.5 Å². The lowest BCUT2D eigenvalue weighted by atomic mass is 10.1. The molecule has 0 aliphatic carbocycles. The van der Waals surface area contributed by atoms with E-state index in [0.29, 0.717) is 5.82 Å². The molecule has 1 aromatic heterocycles. The van der Waals surface area contributed by atoms with Crippen molar-refractivity contribution in [2.75, 3.05) is 5.32 Å². The molecular weight excluding hydrogens is 276 g/mol. The van der Waals surface area contributed by atoms with Gasteiger partial charge >= 0.3 is 5.97 Å². The highest BCUT2D eigenvalue weighted by molar-refractivity contribution is 6.04. The maximum absolute atomic E-state index is 12.0. The van der Waals surface area contributed by atoms with Gasteiger partial charge in [-0.1, -0.05) is 19.9 Å². The first-order chi connectivity index (χ1) is 9.90. The van der Waals surface area contributed by atoms with Gasteiger partial charge in [0.1, 0.15) is 11.4 Å². The van der Waals surface area contributed by atoms with Crippen molar-refractivity contribution < 1.29 is 19.8 Å². The lowest BCUT2D eigenvalue weighted by Crippen LogP contribution is -2.14. The number of phenols is 1. The Hall–Kier alpha value is -2.90. The molecule has 0 aliphatic rings. The van der Waals surface area contributed by atoms with Crippen LogP contribution in [0.4, 0.5) is 5.69 Å². The third-order valence-electron chi connectivity index (χ3n) is 2.77. The van der Waals surface area contributed by atoms with Gasteiger partial charge in [0, 0.05) is 5.92 Å². The van der Waals surface area contributed by atoms with Crippen LogP contribution < -0.4 is 5.32 Å². The molecule has 21 heavy (non-hydrogen) atoms. The molecule has 8 nitrogen and oxygen atoms in total. The molecule has 0 unspecified atom stereocenters. The minimum atomic E-state index is -1.29. The number of carboxylic acids is 1. The van der Waals surface area contributed by atoms with Gasteiger partial charge in [-0.25, -0.2) is 9.78 Å². The Kier molecular flexibility index (Phi) is 3.88. The summed E-state index contributed by atoms with van der Waals surface area (Å²) < 4.78 is 0. The maximum Gasteiger partial charge on any atom is 0.339 e. The van der Waals surface area contributed by atoms with Crippen molar-refractivity contribution in [3.63, 3.8) is 0 Å². The maximum atomic E-state index is 12.0. The standard InChI is InChI=1S/C13H14N4O4/c1-6(2)10-15-11(17-16-10)12(19)14-8-5-3-4-7(9(8)18)13(20)21/h3-6,18H,1-2H3,(H,14,19)(H,20,21)(H,15,16,17). The van der Waals surface area contributed by atoms with Gasteiger partial charge in [0.15, 0.2) is 5.75 Å². The number of nitrogens with zero attached hydrogens (tertiary/aromatic N) is 2. The van der Waals surface area contributed by atoms with Crippen molar-refractivity contribution >= 4 is 17.6 Å². The van der Waals surface area contributed by atoms with E-state index >= 15 is 0 Å². The average molecular weight is 290 g/mol. The highest BCUT2D eigenvalue weighted by Crippen LogP contribution is 2.27. The van der Waals surface area contributed by atoms with Gasteiger partial charge in [0.2, 0.25) is 5.82 Å². The number of para-hydroxylation sites is 1. The van der Waals surface area contributed by atoms with Crippen molar-refractivity contribution in [3.05, 3.63) is 35.4 Å². The number of aromatic nitrogens is 3. The molecule has 2 aromatic rings. The molecule has 110 valence electrons. The number of nitrogens with one attached hydrogen (secondary N) is 2. The van der Waals surface area contributed by atoms with E-state index in [1.54, 1.807) is 0 Å². The van der Waals surface area contributed by atoms with E-state index < -0.39 is 17.6 Å². The Morgan fingerprint density at radius 2 is 2.05 bits per heavy atom. The quantitative estimate of drug-likeness (QED) is 0.633. The molecule has 0 bridgehead atoms. The number of aromatic carboxylic acids is 1. The fourth-order valence-electron chi connectivity index (χ4n) is 1.63. The molecule has 8 heteroatoms. The van der Waals surface area contributed by atoms with Gasteiger partial charge in [0.05, 0.1) is 5.69 Å². The second-order valence-corrected chi connectivity index (χ2v) is 4.66. The number of carbonyl (C=O) groups is 2. The lowest BCUT2D eigenvalue weighted by Gasteiger charge is -2.07. The molecule has 1 heterocycles. The van der Waals surface area contributed by atoms with Crippen LogP contribution in [0.25, 0.3) is 0 Å². The number of benzene rings is 1. The van der Waals surface area contributed by atoms with E-state index in [1.807, 2.05) is 13.8 Å². The summed E-state index contributed by atoms with van der Waals surface area (Å²) in [6, 6.07) is 4.03. The number of aromatic hydroxyl groups is 1. The normalized spacial score (nSPS) is 10.6. The number of amides is 1. The van der Waals surface area contributed by atoms with Crippen molar-refractivity contribution in [3.8, 4) is 5.75 Å². The molecule has 0 fully saturated rings. The Morgan fingerprint density at radius 3 is 2.62 bits per heavy atom. The number of carbonyl (C=O) groups excluding carboxylic acids is 1. The Labute approximate surface area is 119 Å². The minimum Gasteiger partial charge on any atom is -0.505 e. The molecule has 1 amide bonds. The van der Waals surface area contributed by atoms with Crippen LogP contribution in [-0.2, 0) is 0 Å². The summed E-state index contributed by atoms with van der Waals surface area (Å²) in [6.07, 6.45) is 0. The largest absolute Gasteiger partial charge is 0.505 e. The third-order valence-corrected chi connectivity index (χ3v) is 2.77. The smallest absolute Gasteiger partial charge is 0.339 e. The zero-order valence-electron chi connectivity index (χ0n) is 11.4. The van der Waals surface area contributed by atoms with Crippen LogP contribution in [0.5, 0.6) is 5.75 Å². The second kappa shape index (κ2) is 5.61. The summed E-state index contributed by atoms with van der Waals surface area (Å²) in [5.41, 5.74) is -0.318. The molecule has 0 atom stereocenters. The first-order valence-electron chi connectivity index (χ1n) is 6.19.